The Morgan fingerprint density at radius 2 is 0.727 bits per heavy atom. The van der Waals surface area contributed by atoms with Crippen molar-refractivity contribution in [3.05, 3.63) is 83.9 Å². The van der Waals surface area contributed by atoms with Crippen molar-refractivity contribution in [1.82, 2.24) is 0 Å². The lowest BCUT2D eigenvalue weighted by atomic mass is 9.89. The third-order valence-electron chi connectivity index (χ3n) is 9.90. The molecule has 0 bridgehead atoms. The summed E-state index contributed by atoms with van der Waals surface area (Å²) in [5.41, 5.74) is 2.30. The van der Waals surface area contributed by atoms with Gasteiger partial charge in [0.05, 0.1) is 0 Å². The van der Waals surface area contributed by atoms with Crippen LogP contribution in [0.4, 0.5) is 0 Å². The topological polar surface area (TPSA) is 0 Å². The molecule has 0 spiro atoms. The van der Waals surface area contributed by atoms with E-state index in [9.17, 15) is 0 Å². The van der Waals surface area contributed by atoms with Gasteiger partial charge in [-0.2, -0.15) is 20.1 Å². The lowest BCUT2D eigenvalue weighted by molar-refractivity contribution is 0.959. The molecule has 0 saturated heterocycles. The van der Waals surface area contributed by atoms with Gasteiger partial charge in [0.2, 0.25) is 0 Å². The molecule has 0 aliphatic carbocycles. The summed E-state index contributed by atoms with van der Waals surface area (Å²) in [6.45, 7) is 23.6. The van der Waals surface area contributed by atoms with Crippen LogP contribution in [-0.4, -0.2) is 32.5 Å². The Kier molecular flexibility index (Phi) is 9.11. The predicted octanol–water partition coefficient (Wildman–Crippen LogP) is 12.2. The molecule has 0 aliphatic heterocycles. The van der Waals surface area contributed by atoms with Crippen LogP contribution in [0.3, 0.4) is 0 Å². The van der Waals surface area contributed by atoms with E-state index in [1.165, 1.54) is 43.1 Å². The molecule has 0 atom stereocenters. The quantitative estimate of drug-likeness (QED) is 0.136. The van der Waals surface area contributed by atoms with Gasteiger partial charge in [0.25, 0.3) is 0 Å². The molecule has 5 aromatic rings. The maximum Gasteiger partial charge on any atom is 0.0411 e. The van der Waals surface area contributed by atoms with Crippen molar-refractivity contribution in [2.24, 2.45) is 0 Å². The Bertz CT molecular complexity index is 1860. The molecule has 44 heavy (non-hydrogen) atoms. The van der Waals surface area contributed by atoms with Crippen molar-refractivity contribution in [3.8, 4) is 22.3 Å². The second kappa shape index (κ2) is 12.4. The lowest BCUT2D eigenvalue weighted by Crippen LogP contribution is -2.27. The van der Waals surface area contributed by atoms with E-state index in [0.717, 1.165) is 11.1 Å². The minimum Gasteiger partial charge on any atom is -0.175 e. The summed E-state index contributed by atoms with van der Waals surface area (Å²) in [6.07, 6.45) is 2.41. The maximum absolute atomic E-state index is 4.04. The Hall–Kier alpha value is -3.04. The van der Waals surface area contributed by atoms with Gasteiger partial charge in [-0.3, -0.25) is 0 Å². The third kappa shape index (κ3) is 5.51. The molecule has 5 aromatic carbocycles. The summed E-state index contributed by atoms with van der Waals surface area (Å²) >= 11 is 0. The monoisotopic (exact) mass is 618 g/mol. The molecule has 0 heterocycles. The molecule has 0 N–H and O–H groups in total. The molecular weight excluding hydrogens is 569 g/mol. The SMILES string of the molecule is CC(C)S(C)(C#Cc1c2cc3ccccc3cc2c(C#CS(C(C)C)(C(C)C)C(C)C)c2cc3ccccc3cc12)C(C)C. The molecule has 5 rings (SSSR count). The van der Waals surface area contributed by atoms with Gasteiger partial charge in [-0.25, -0.2) is 0 Å². The van der Waals surface area contributed by atoms with Crippen LogP contribution in [0.15, 0.2) is 72.8 Å². The normalized spacial score (nSPS) is 13.4. The van der Waals surface area contributed by atoms with Crippen molar-refractivity contribution in [2.45, 2.75) is 95.5 Å². The van der Waals surface area contributed by atoms with Crippen LogP contribution in [0.5, 0.6) is 0 Å². The fourth-order valence-electron chi connectivity index (χ4n) is 6.93. The first-order valence-electron chi connectivity index (χ1n) is 16.2. The minimum atomic E-state index is -1.21. The molecule has 0 amide bonds. The zero-order chi connectivity index (χ0) is 32.0. The van der Waals surface area contributed by atoms with E-state index in [4.69, 9.17) is 0 Å². The summed E-state index contributed by atoms with van der Waals surface area (Å²) in [6, 6.07) is 27.0. The van der Waals surface area contributed by atoms with Gasteiger partial charge in [0, 0.05) is 11.1 Å². The number of fused-ring (bicyclic) bond motifs is 4. The first kappa shape index (κ1) is 32.4. The van der Waals surface area contributed by atoms with Gasteiger partial charge >= 0.3 is 0 Å². The third-order valence-corrected chi connectivity index (χ3v) is 19.5. The molecule has 0 unspecified atom stereocenters. The van der Waals surface area contributed by atoms with Crippen LogP contribution < -0.4 is 0 Å². The van der Waals surface area contributed by atoms with E-state index in [1.807, 2.05) is 0 Å². The maximum atomic E-state index is 4.04. The average Bonchev–Trinajstić information content (AvgIpc) is 2.97. The molecular formula is C42H50S2. The number of hydrogen-bond donors (Lipinski definition) is 0. The van der Waals surface area contributed by atoms with Crippen LogP contribution in [-0.2, 0) is 0 Å². The van der Waals surface area contributed by atoms with Crippen LogP contribution in [0.1, 0.15) is 80.4 Å². The van der Waals surface area contributed by atoms with Crippen molar-refractivity contribution in [3.63, 3.8) is 0 Å². The van der Waals surface area contributed by atoms with E-state index in [0.29, 0.717) is 26.2 Å². The second-order valence-corrected chi connectivity index (χ2v) is 22.5. The molecule has 0 aromatic heterocycles. The van der Waals surface area contributed by atoms with Gasteiger partial charge in [-0.1, -0.05) is 130 Å². The van der Waals surface area contributed by atoms with Gasteiger partial charge in [0.15, 0.2) is 0 Å². The lowest BCUT2D eigenvalue weighted by Gasteiger charge is -2.46. The smallest absolute Gasteiger partial charge is 0.0411 e. The van der Waals surface area contributed by atoms with E-state index >= 15 is 0 Å². The second-order valence-electron chi connectivity index (χ2n) is 13.7. The number of benzene rings is 5. The van der Waals surface area contributed by atoms with Gasteiger partial charge in [0.1, 0.15) is 0 Å². The first-order chi connectivity index (χ1) is 20.8. The van der Waals surface area contributed by atoms with E-state index < -0.39 is 20.1 Å². The summed E-state index contributed by atoms with van der Waals surface area (Å²) in [7, 11) is -2.36. The first-order valence-corrected chi connectivity index (χ1v) is 20.2. The molecule has 0 nitrogen and oxygen atoms in total. The highest BCUT2D eigenvalue weighted by Gasteiger charge is 2.33. The zero-order valence-corrected chi connectivity index (χ0v) is 30.3. The molecule has 0 fully saturated rings. The van der Waals surface area contributed by atoms with Crippen LogP contribution in [0.2, 0.25) is 0 Å². The predicted molar refractivity (Wildman–Crippen MR) is 207 cm³/mol. The standard InChI is InChI=1S/C42H50S2/c1-28(2)43(11,29(3)4)22-20-37-39-24-33-16-12-14-18-35(33)26-41(39)38(21-23-44(30(5)6,31(7)8)32(9)10)42-27-36-19-15-13-17-34(36)25-40(37)42/h12-19,24-32H,1-11H3. The summed E-state index contributed by atoms with van der Waals surface area (Å²) in [5, 5.41) is 20.4. The Morgan fingerprint density at radius 1 is 0.432 bits per heavy atom. The van der Waals surface area contributed by atoms with Crippen molar-refractivity contribution >= 4 is 63.1 Å². The Balaban J connectivity index is 2.01. The van der Waals surface area contributed by atoms with Crippen molar-refractivity contribution in [2.75, 3.05) is 6.26 Å². The highest BCUT2D eigenvalue weighted by molar-refractivity contribution is 8.38. The van der Waals surface area contributed by atoms with Gasteiger partial charge in [-0.15, -0.1) is 0 Å². The van der Waals surface area contributed by atoms with E-state index in [1.54, 1.807) is 0 Å². The summed E-state index contributed by atoms with van der Waals surface area (Å²) in [5.74, 6) is 7.79. The fraction of sp³-hybridized carbons (Fsp3) is 0.381. The summed E-state index contributed by atoms with van der Waals surface area (Å²) < 4.78 is 0. The van der Waals surface area contributed by atoms with Gasteiger partial charge in [-0.05, 0) is 110 Å². The average molecular weight is 619 g/mol. The zero-order valence-electron chi connectivity index (χ0n) is 28.6. The van der Waals surface area contributed by atoms with Gasteiger partial charge < -0.3 is 0 Å². The van der Waals surface area contributed by atoms with Crippen LogP contribution in [0, 0.1) is 22.3 Å². The van der Waals surface area contributed by atoms with E-state index in [2.05, 4.69) is 171 Å². The molecule has 0 aliphatic rings. The van der Waals surface area contributed by atoms with Crippen molar-refractivity contribution < 1.29 is 0 Å². The number of rotatable bonds is 5. The van der Waals surface area contributed by atoms with Crippen LogP contribution >= 0.6 is 20.1 Å². The van der Waals surface area contributed by atoms with E-state index in [-0.39, 0.29) is 0 Å². The molecule has 0 saturated carbocycles. The molecule has 230 valence electrons. The van der Waals surface area contributed by atoms with Crippen molar-refractivity contribution in [1.29, 1.82) is 0 Å². The molecule has 2 heteroatoms. The molecule has 0 radical (unpaired) electrons. The Morgan fingerprint density at radius 3 is 1.00 bits per heavy atom. The minimum absolute atomic E-state index is 0.520. The largest absolute Gasteiger partial charge is 0.175 e. The highest BCUT2D eigenvalue weighted by Crippen LogP contribution is 2.59. The Labute approximate surface area is 270 Å². The highest BCUT2D eigenvalue weighted by atomic mass is 32.3. The number of hydrogen-bond acceptors (Lipinski definition) is 0. The van der Waals surface area contributed by atoms with Crippen LogP contribution in [0.25, 0.3) is 43.1 Å². The summed E-state index contributed by atoms with van der Waals surface area (Å²) in [4.78, 5) is 0. The fourth-order valence-corrected chi connectivity index (χ4v) is 13.1.